The number of hydrogen-bond donors (Lipinski definition) is 0. The second-order valence-electron chi connectivity index (χ2n) is 6.63. The van der Waals surface area contributed by atoms with Crippen molar-refractivity contribution in [1.29, 1.82) is 0 Å². The number of fused-ring (bicyclic) bond motifs is 2. The zero-order valence-corrected chi connectivity index (χ0v) is 12.6. The number of rotatable bonds is 1. The molecule has 0 heteroatoms. The highest BCUT2D eigenvalue weighted by Crippen LogP contribution is 2.60. The molecule has 0 aromatic heterocycles. The SMILES string of the molecule is C/C=C\C1=C(C)C2C=CC(C)=CC2C12CCCCC2. The first kappa shape index (κ1) is 13.0. The maximum atomic E-state index is 2.57. The number of allylic oxidation sites excluding steroid dienone is 8. The molecule has 0 aliphatic heterocycles. The second-order valence-corrected chi connectivity index (χ2v) is 6.63. The van der Waals surface area contributed by atoms with Gasteiger partial charge in [-0.3, -0.25) is 0 Å². The van der Waals surface area contributed by atoms with Gasteiger partial charge in [0.1, 0.15) is 0 Å². The molecule has 3 aliphatic carbocycles. The Hall–Kier alpha value is -1.04. The summed E-state index contributed by atoms with van der Waals surface area (Å²) < 4.78 is 0. The summed E-state index contributed by atoms with van der Waals surface area (Å²) in [6.07, 6.45) is 19.0. The van der Waals surface area contributed by atoms with Gasteiger partial charge in [-0.1, -0.05) is 60.8 Å². The minimum Gasteiger partial charge on any atom is -0.0874 e. The third-order valence-electron chi connectivity index (χ3n) is 5.57. The van der Waals surface area contributed by atoms with Crippen LogP contribution in [0, 0.1) is 17.3 Å². The van der Waals surface area contributed by atoms with Gasteiger partial charge >= 0.3 is 0 Å². The van der Waals surface area contributed by atoms with Crippen LogP contribution in [-0.4, -0.2) is 0 Å². The average Bonchev–Trinajstić information content (AvgIpc) is 2.63. The molecule has 0 heterocycles. The van der Waals surface area contributed by atoms with Gasteiger partial charge in [-0.15, -0.1) is 0 Å². The van der Waals surface area contributed by atoms with Gasteiger partial charge in [-0.05, 0) is 45.1 Å². The quantitative estimate of drug-likeness (QED) is 0.572. The van der Waals surface area contributed by atoms with Gasteiger partial charge < -0.3 is 0 Å². The van der Waals surface area contributed by atoms with Crippen molar-refractivity contribution in [3.63, 3.8) is 0 Å². The van der Waals surface area contributed by atoms with Crippen LogP contribution in [0.1, 0.15) is 52.9 Å². The van der Waals surface area contributed by atoms with Crippen molar-refractivity contribution in [2.45, 2.75) is 52.9 Å². The van der Waals surface area contributed by atoms with Crippen LogP contribution >= 0.6 is 0 Å². The topological polar surface area (TPSA) is 0 Å². The van der Waals surface area contributed by atoms with E-state index in [4.69, 9.17) is 0 Å². The Balaban J connectivity index is 2.10. The van der Waals surface area contributed by atoms with Crippen molar-refractivity contribution in [1.82, 2.24) is 0 Å². The molecule has 0 amide bonds. The fourth-order valence-electron chi connectivity index (χ4n) is 4.74. The summed E-state index contributed by atoms with van der Waals surface area (Å²) in [4.78, 5) is 0. The summed E-state index contributed by atoms with van der Waals surface area (Å²) in [5.41, 5.74) is 5.21. The lowest BCUT2D eigenvalue weighted by molar-refractivity contribution is 0.176. The molecule has 3 aliphatic rings. The van der Waals surface area contributed by atoms with Crippen molar-refractivity contribution in [2.75, 3.05) is 0 Å². The van der Waals surface area contributed by atoms with Crippen molar-refractivity contribution >= 4 is 0 Å². The first-order chi connectivity index (χ1) is 9.19. The lowest BCUT2D eigenvalue weighted by atomic mass is 9.62. The molecular formula is C19H26. The van der Waals surface area contributed by atoms with Crippen molar-refractivity contribution in [3.8, 4) is 0 Å². The predicted molar refractivity (Wildman–Crippen MR) is 82.9 cm³/mol. The average molecular weight is 254 g/mol. The molecule has 0 bridgehead atoms. The molecule has 2 unspecified atom stereocenters. The molecule has 19 heavy (non-hydrogen) atoms. The maximum absolute atomic E-state index is 2.57. The van der Waals surface area contributed by atoms with Crippen LogP contribution in [-0.2, 0) is 0 Å². The van der Waals surface area contributed by atoms with E-state index in [-0.39, 0.29) is 0 Å². The summed E-state index contributed by atoms with van der Waals surface area (Å²) in [5.74, 6) is 1.39. The summed E-state index contributed by atoms with van der Waals surface area (Å²) >= 11 is 0. The summed E-state index contributed by atoms with van der Waals surface area (Å²) in [5, 5.41) is 0. The van der Waals surface area contributed by atoms with Crippen molar-refractivity contribution < 1.29 is 0 Å². The molecular weight excluding hydrogens is 228 g/mol. The Morgan fingerprint density at radius 2 is 1.89 bits per heavy atom. The van der Waals surface area contributed by atoms with E-state index < -0.39 is 0 Å². The van der Waals surface area contributed by atoms with Crippen LogP contribution in [0.25, 0.3) is 0 Å². The molecule has 0 aromatic carbocycles. The van der Waals surface area contributed by atoms with E-state index in [0.717, 1.165) is 5.92 Å². The van der Waals surface area contributed by atoms with E-state index in [1.54, 1.807) is 11.1 Å². The molecule has 1 spiro atoms. The van der Waals surface area contributed by atoms with Gasteiger partial charge in [0.25, 0.3) is 0 Å². The van der Waals surface area contributed by atoms with Crippen LogP contribution in [0.3, 0.4) is 0 Å². The predicted octanol–water partition coefficient (Wildman–Crippen LogP) is 5.59. The van der Waals surface area contributed by atoms with Crippen LogP contribution in [0.2, 0.25) is 0 Å². The number of hydrogen-bond acceptors (Lipinski definition) is 0. The first-order valence-electron chi connectivity index (χ1n) is 7.89. The monoisotopic (exact) mass is 254 g/mol. The molecule has 0 N–H and O–H groups in total. The Bertz CT molecular complexity index is 478. The van der Waals surface area contributed by atoms with Gasteiger partial charge in [-0.2, -0.15) is 0 Å². The maximum Gasteiger partial charge on any atom is 0.00548 e. The van der Waals surface area contributed by atoms with E-state index in [1.165, 1.54) is 37.7 Å². The van der Waals surface area contributed by atoms with Gasteiger partial charge in [0.05, 0.1) is 0 Å². The second kappa shape index (κ2) is 4.81. The fraction of sp³-hybridized carbons (Fsp3) is 0.579. The molecule has 0 nitrogen and oxygen atoms in total. The largest absolute Gasteiger partial charge is 0.0874 e. The Morgan fingerprint density at radius 3 is 2.58 bits per heavy atom. The highest BCUT2D eigenvalue weighted by atomic mass is 14.5. The van der Waals surface area contributed by atoms with E-state index in [1.807, 2.05) is 0 Å². The molecule has 3 rings (SSSR count). The Kier molecular flexibility index (Phi) is 3.28. The molecule has 2 atom stereocenters. The first-order valence-corrected chi connectivity index (χ1v) is 7.89. The zero-order chi connectivity index (χ0) is 13.5. The van der Waals surface area contributed by atoms with E-state index in [0.29, 0.717) is 11.3 Å². The molecule has 1 saturated carbocycles. The highest BCUT2D eigenvalue weighted by Gasteiger charge is 2.50. The molecule has 0 saturated heterocycles. The van der Waals surface area contributed by atoms with Crippen LogP contribution in [0.15, 0.2) is 47.1 Å². The van der Waals surface area contributed by atoms with Crippen LogP contribution < -0.4 is 0 Å². The summed E-state index contributed by atoms with van der Waals surface area (Å²) in [7, 11) is 0. The lowest BCUT2D eigenvalue weighted by Crippen LogP contribution is -2.33. The van der Waals surface area contributed by atoms with E-state index in [2.05, 4.69) is 51.2 Å². The minimum atomic E-state index is 0.450. The Labute approximate surface area is 118 Å². The fourth-order valence-corrected chi connectivity index (χ4v) is 4.74. The standard InChI is InChI=1S/C19H26/c1-4-8-17-15(3)16-10-9-14(2)13-18(16)19(17)11-6-5-7-12-19/h4,8-10,13,16,18H,5-7,11-12H2,1-3H3/b8-4-. The molecule has 0 radical (unpaired) electrons. The molecule has 1 fully saturated rings. The van der Waals surface area contributed by atoms with Crippen LogP contribution in [0.4, 0.5) is 0 Å². The normalized spacial score (nSPS) is 33.1. The Morgan fingerprint density at radius 1 is 1.16 bits per heavy atom. The van der Waals surface area contributed by atoms with Gasteiger partial charge in [0.15, 0.2) is 0 Å². The lowest BCUT2D eigenvalue weighted by Gasteiger charge is -2.42. The third kappa shape index (κ3) is 1.88. The van der Waals surface area contributed by atoms with Crippen molar-refractivity contribution in [2.24, 2.45) is 17.3 Å². The minimum absolute atomic E-state index is 0.450. The smallest absolute Gasteiger partial charge is 0.00548 e. The highest BCUT2D eigenvalue weighted by molar-refractivity contribution is 5.46. The van der Waals surface area contributed by atoms with Gasteiger partial charge in [0, 0.05) is 11.3 Å². The van der Waals surface area contributed by atoms with Crippen LogP contribution in [0.5, 0.6) is 0 Å². The zero-order valence-electron chi connectivity index (χ0n) is 12.6. The summed E-state index contributed by atoms with van der Waals surface area (Å²) in [6, 6.07) is 0. The third-order valence-corrected chi connectivity index (χ3v) is 5.57. The summed E-state index contributed by atoms with van der Waals surface area (Å²) in [6.45, 7) is 6.79. The van der Waals surface area contributed by atoms with E-state index in [9.17, 15) is 0 Å². The van der Waals surface area contributed by atoms with Gasteiger partial charge in [-0.25, -0.2) is 0 Å². The van der Waals surface area contributed by atoms with E-state index >= 15 is 0 Å². The van der Waals surface area contributed by atoms with Crippen molar-refractivity contribution in [3.05, 3.63) is 47.1 Å². The molecule has 0 aromatic rings. The molecule has 102 valence electrons. The van der Waals surface area contributed by atoms with Gasteiger partial charge in [0.2, 0.25) is 0 Å².